The van der Waals surface area contributed by atoms with Crippen molar-refractivity contribution in [2.75, 3.05) is 0 Å². The Labute approximate surface area is 80.1 Å². The van der Waals surface area contributed by atoms with Gasteiger partial charge in [-0.25, -0.2) is 0 Å². The van der Waals surface area contributed by atoms with Gasteiger partial charge in [0.25, 0.3) is 0 Å². The zero-order chi connectivity index (χ0) is 10.3. The fraction of sp³-hybridized carbons (Fsp3) is 0.700. The van der Waals surface area contributed by atoms with Crippen molar-refractivity contribution in [1.82, 2.24) is 5.32 Å². The summed E-state index contributed by atoms with van der Waals surface area (Å²) in [4.78, 5) is 11.2. The largest absolute Gasteiger partial charge is 0.342 e. The van der Waals surface area contributed by atoms with E-state index in [1.54, 1.807) is 0 Å². The molecule has 74 valence electrons. The minimum absolute atomic E-state index is 0.0119. The van der Waals surface area contributed by atoms with Crippen LogP contribution >= 0.6 is 0 Å². The van der Waals surface area contributed by atoms with Crippen LogP contribution in [0.1, 0.15) is 33.1 Å². The van der Waals surface area contributed by atoms with Crippen molar-refractivity contribution >= 4 is 5.91 Å². The topological polar surface area (TPSA) is 55.1 Å². The van der Waals surface area contributed by atoms with E-state index in [0.29, 0.717) is 12.8 Å². The van der Waals surface area contributed by atoms with Gasteiger partial charge >= 0.3 is 0 Å². The van der Waals surface area contributed by atoms with Crippen LogP contribution in [0.2, 0.25) is 0 Å². The molecular weight excluding hydrogens is 164 g/mol. The van der Waals surface area contributed by atoms with Gasteiger partial charge in [-0.1, -0.05) is 12.8 Å². The number of hydrogen-bond donors (Lipinski definition) is 2. The molecule has 0 bridgehead atoms. The molecule has 0 spiro atoms. The first-order valence-corrected chi connectivity index (χ1v) is 4.61. The van der Waals surface area contributed by atoms with Crippen LogP contribution in [0.3, 0.4) is 0 Å². The van der Waals surface area contributed by atoms with E-state index in [1.165, 1.54) is 0 Å². The Kier molecular flexibility index (Phi) is 5.99. The lowest BCUT2D eigenvalue weighted by atomic mass is 10.1. The number of amides is 1. The van der Waals surface area contributed by atoms with Gasteiger partial charge < -0.3 is 11.1 Å². The number of nitrogens with two attached hydrogens (primary N) is 1. The number of carbonyl (C=O) groups is 1. The Hall–Kier alpha value is -1.01. The minimum Gasteiger partial charge on any atom is -0.342 e. The molecule has 0 aliphatic heterocycles. The molecule has 3 heteroatoms. The molecule has 0 aliphatic rings. The normalized spacial score (nSPS) is 14.3. The van der Waals surface area contributed by atoms with E-state index in [-0.39, 0.29) is 18.0 Å². The summed E-state index contributed by atoms with van der Waals surface area (Å²) in [5.41, 5.74) is 5.52. The molecular formula is C10H18N2O. The Morgan fingerprint density at radius 2 is 2.31 bits per heavy atom. The predicted molar refractivity (Wildman–Crippen MR) is 53.9 cm³/mol. The van der Waals surface area contributed by atoms with Crippen molar-refractivity contribution in [1.29, 1.82) is 0 Å². The third-order valence-electron chi connectivity index (χ3n) is 1.77. The summed E-state index contributed by atoms with van der Waals surface area (Å²) >= 11 is 0. The summed E-state index contributed by atoms with van der Waals surface area (Å²) in [6.45, 7) is 3.82. The lowest BCUT2D eigenvalue weighted by Gasteiger charge is -2.11. The summed E-state index contributed by atoms with van der Waals surface area (Å²) < 4.78 is 0. The molecule has 0 rings (SSSR count). The van der Waals surface area contributed by atoms with Gasteiger partial charge in [-0.05, 0) is 19.8 Å². The van der Waals surface area contributed by atoms with Crippen molar-refractivity contribution in [2.24, 2.45) is 5.73 Å². The second kappa shape index (κ2) is 6.50. The highest BCUT2D eigenvalue weighted by atomic mass is 16.1. The Bertz CT molecular complexity index is 194. The van der Waals surface area contributed by atoms with Gasteiger partial charge in [0, 0.05) is 12.5 Å². The highest BCUT2D eigenvalue weighted by Crippen LogP contribution is 1.95. The molecule has 3 nitrogen and oxygen atoms in total. The monoisotopic (exact) mass is 182 g/mol. The molecule has 0 aromatic heterocycles. The van der Waals surface area contributed by atoms with E-state index in [1.807, 2.05) is 13.8 Å². The predicted octanol–water partition coefficient (Wildman–Crippen LogP) is 0.642. The third kappa shape index (κ3) is 6.18. The van der Waals surface area contributed by atoms with Gasteiger partial charge in [-0.2, -0.15) is 0 Å². The maximum absolute atomic E-state index is 11.2. The Morgan fingerprint density at radius 3 is 2.69 bits per heavy atom. The van der Waals surface area contributed by atoms with Crippen molar-refractivity contribution < 1.29 is 4.79 Å². The number of nitrogens with one attached hydrogen (secondary N) is 1. The van der Waals surface area contributed by atoms with Crippen molar-refractivity contribution in [3.8, 4) is 12.3 Å². The van der Waals surface area contributed by atoms with Crippen LogP contribution in [0.4, 0.5) is 0 Å². The van der Waals surface area contributed by atoms with E-state index < -0.39 is 0 Å². The van der Waals surface area contributed by atoms with E-state index in [2.05, 4.69) is 11.2 Å². The summed E-state index contributed by atoms with van der Waals surface area (Å²) in [7, 11) is 0. The van der Waals surface area contributed by atoms with Gasteiger partial charge in [0.05, 0.1) is 6.04 Å². The van der Waals surface area contributed by atoms with Gasteiger partial charge in [0.15, 0.2) is 0 Å². The number of hydrogen-bond acceptors (Lipinski definition) is 2. The van der Waals surface area contributed by atoms with Crippen LogP contribution in [-0.4, -0.2) is 18.0 Å². The van der Waals surface area contributed by atoms with E-state index in [9.17, 15) is 4.79 Å². The van der Waals surface area contributed by atoms with Crippen LogP contribution in [0.25, 0.3) is 0 Å². The number of terminal acetylenes is 1. The SMILES string of the molecule is C#CC(CC)NC(=O)CCC(C)N. The van der Waals surface area contributed by atoms with E-state index >= 15 is 0 Å². The number of rotatable bonds is 5. The molecule has 2 atom stereocenters. The first-order chi connectivity index (χ1) is 6.10. The van der Waals surface area contributed by atoms with Crippen LogP contribution in [0.5, 0.6) is 0 Å². The van der Waals surface area contributed by atoms with Crippen molar-refractivity contribution in [3.63, 3.8) is 0 Å². The van der Waals surface area contributed by atoms with Gasteiger partial charge in [-0.15, -0.1) is 6.42 Å². The zero-order valence-electron chi connectivity index (χ0n) is 8.34. The molecule has 13 heavy (non-hydrogen) atoms. The average molecular weight is 182 g/mol. The summed E-state index contributed by atoms with van der Waals surface area (Å²) in [5.74, 6) is 2.50. The van der Waals surface area contributed by atoms with Crippen LogP contribution in [-0.2, 0) is 4.79 Å². The van der Waals surface area contributed by atoms with Crippen LogP contribution in [0, 0.1) is 12.3 Å². The quantitative estimate of drug-likeness (QED) is 0.613. The van der Waals surface area contributed by atoms with Gasteiger partial charge in [-0.3, -0.25) is 4.79 Å². The molecule has 0 saturated heterocycles. The molecule has 0 radical (unpaired) electrons. The van der Waals surface area contributed by atoms with E-state index in [0.717, 1.165) is 6.42 Å². The molecule has 0 heterocycles. The fourth-order valence-electron chi connectivity index (χ4n) is 0.887. The standard InChI is InChI=1S/C10H18N2O/c1-4-9(5-2)12-10(13)7-6-8(3)11/h1,8-9H,5-7,11H2,2-3H3,(H,12,13). The highest BCUT2D eigenvalue weighted by Gasteiger charge is 2.07. The fourth-order valence-corrected chi connectivity index (χ4v) is 0.887. The average Bonchev–Trinajstić information content (AvgIpc) is 2.10. The third-order valence-corrected chi connectivity index (χ3v) is 1.77. The summed E-state index contributed by atoms with van der Waals surface area (Å²) in [6.07, 6.45) is 7.12. The van der Waals surface area contributed by atoms with Gasteiger partial charge in [0.2, 0.25) is 5.91 Å². The first-order valence-electron chi connectivity index (χ1n) is 4.61. The molecule has 0 aromatic rings. The molecule has 2 unspecified atom stereocenters. The first kappa shape index (κ1) is 12.0. The number of carbonyl (C=O) groups excluding carboxylic acids is 1. The van der Waals surface area contributed by atoms with Crippen LogP contribution < -0.4 is 11.1 Å². The Morgan fingerprint density at radius 1 is 1.69 bits per heavy atom. The molecule has 0 aliphatic carbocycles. The van der Waals surface area contributed by atoms with Crippen molar-refractivity contribution in [2.45, 2.75) is 45.2 Å². The minimum atomic E-state index is -0.138. The lowest BCUT2D eigenvalue weighted by molar-refractivity contribution is -0.121. The van der Waals surface area contributed by atoms with E-state index in [4.69, 9.17) is 12.2 Å². The van der Waals surface area contributed by atoms with Gasteiger partial charge in [0.1, 0.15) is 0 Å². The zero-order valence-corrected chi connectivity index (χ0v) is 8.34. The maximum Gasteiger partial charge on any atom is 0.221 e. The Balaban J connectivity index is 3.68. The maximum atomic E-state index is 11.2. The molecule has 0 saturated carbocycles. The smallest absolute Gasteiger partial charge is 0.221 e. The lowest BCUT2D eigenvalue weighted by Crippen LogP contribution is -2.33. The second-order valence-electron chi connectivity index (χ2n) is 3.21. The van der Waals surface area contributed by atoms with Crippen molar-refractivity contribution in [3.05, 3.63) is 0 Å². The molecule has 0 aromatic carbocycles. The second-order valence-corrected chi connectivity index (χ2v) is 3.21. The molecule has 3 N–H and O–H groups in total. The molecule has 0 fully saturated rings. The summed E-state index contributed by atoms with van der Waals surface area (Å²) in [6, 6.07) is -0.0720. The molecule has 1 amide bonds. The highest BCUT2D eigenvalue weighted by molar-refractivity contribution is 5.76. The van der Waals surface area contributed by atoms with Crippen LogP contribution in [0.15, 0.2) is 0 Å². The summed E-state index contributed by atoms with van der Waals surface area (Å²) in [5, 5.41) is 2.74.